The van der Waals surface area contributed by atoms with E-state index in [1.165, 1.54) is 38.5 Å². The molecule has 14 heavy (non-hydrogen) atoms. The van der Waals surface area contributed by atoms with Crippen LogP contribution >= 0.6 is 0 Å². The molecule has 1 rings (SSSR count). The summed E-state index contributed by atoms with van der Waals surface area (Å²) in [6.07, 6.45) is 8.74. The fourth-order valence-electron chi connectivity index (χ4n) is 2.90. The minimum Gasteiger partial charge on any atom is -0.0651 e. The van der Waals surface area contributed by atoms with Crippen molar-refractivity contribution in [1.29, 1.82) is 0 Å². The van der Waals surface area contributed by atoms with E-state index >= 15 is 0 Å². The van der Waals surface area contributed by atoms with Crippen molar-refractivity contribution >= 4 is 0 Å². The van der Waals surface area contributed by atoms with Crippen LogP contribution in [0, 0.1) is 23.7 Å². The zero-order valence-electron chi connectivity index (χ0n) is 10.6. The summed E-state index contributed by atoms with van der Waals surface area (Å²) in [7, 11) is 0. The van der Waals surface area contributed by atoms with Gasteiger partial charge in [0.25, 0.3) is 0 Å². The zero-order valence-corrected chi connectivity index (χ0v) is 10.6. The summed E-state index contributed by atoms with van der Waals surface area (Å²) in [5.41, 5.74) is 0. The Morgan fingerprint density at radius 3 is 2.50 bits per heavy atom. The molecule has 4 atom stereocenters. The highest BCUT2D eigenvalue weighted by molar-refractivity contribution is 4.78. The lowest BCUT2D eigenvalue weighted by molar-refractivity contribution is 0.161. The lowest BCUT2D eigenvalue weighted by Gasteiger charge is -2.35. The Balaban J connectivity index is 2.40. The molecule has 0 radical (unpaired) electrons. The van der Waals surface area contributed by atoms with Gasteiger partial charge in [-0.25, -0.2) is 0 Å². The number of rotatable bonds is 4. The molecule has 0 amide bonds. The van der Waals surface area contributed by atoms with Gasteiger partial charge in [-0.05, 0) is 36.5 Å². The van der Waals surface area contributed by atoms with E-state index in [0.29, 0.717) is 0 Å². The number of hydrogen-bond donors (Lipinski definition) is 0. The average Bonchev–Trinajstić information content (AvgIpc) is 2.21. The molecule has 1 saturated carbocycles. The molecule has 0 heterocycles. The fraction of sp³-hybridized carbons (Fsp3) is 1.00. The van der Waals surface area contributed by atoms with E-state index in [-0.39, 0.29) is 0 Å². The standard InChI is InChI=1S/C14H28/c1-5-11(3)9-14-10-13(6-2)8-7-12(14)4/h11-14H,5-10H2,1-4H3. The molecule has 84 valence electrons. The fourth-order valence-corrected chi connectivity index (χ4v) is 2.90. The molecule has 0 nitrogen and oxygen atoms in total. The van der Waals surface area contributed by atoms with Crippen LogP contribution in [0.5, 0.6) is 0 Å². The lowest BCUT2D eigenvalue weighted by atomic mass is 9.71. The first-order chi connectivity index (χ1) is 6.67. The molecule has 0 heteroatoms. The van der Waals surface area contributed by atoms with Gasteiger partial charge in [-0.1, -0.05) is 53.4 Å². The molecule has 0 aromatic rings. The van der Waals surface area contributed by atoms with Crippen LogP contribution in [0.2, 0.25) is 0 Å². The van der Waals surface area contributed by atoms with Crippen LogP contribution in [0.25, 0.3) is 0 Å². The molecule has 0 bridgehead atoms. The van der Waals surface area contributed by atoms with Gasteiger partial charge in [0.15, 0.2) is 0 Å². The van der Waals surface area contributed by atoms with Crippen molar-refractivity contribution in [1.82, 2.24) is 0 Å². The molecule has 1 aliphatic rings. The van der Waals surface area contributed by atoms with Crippen LogP contribution in [0.15, 0.2) is 0 Å². The normalized spacial score (nSPS) is 35.6. The molecule has 0 saturated heterocycles. The van der Waals surface area contributed by atoms with E-state index in [9.17, 15) is 0 Å². The van der Waals surface area contributed by atoms with Crippen LogP contribution in [0.3, 0.4) is 0 Å². The van der Waals surface area contributed by atoms with Crippen LogP contribution in [0.1, 0.15) is 66.2 Å². The highest BCUT2D eigenvalue weighted by Gasteiger charge is 2.27. The SMILES string of the molecule is CCC(C)CC1CC(CC)CCC1C. The third kappa shape index (κ3) is 3.29. The maximum atomic E-state index is 2.47. The molecule has 0 aromatic carbocycles. The third-order valence-electron chi connectivity index (χ3n) is 4.45. The van der Waals surface area contributed by atoms with Crippen molar-refractivity contribution in [3.63, 3.8) is 0 Å². The Morgan fingerprint density at radius 2 is 1.93 bits per heavy atom. The van der Waals surface area contributed by atoms with E-state index in [1.807, 2.05) is 0 Å². The van der Waals surface area contributed by atoms with Crippen LogP contribution in [-0.2, 0) is 0 Å². The highest BCUT2D eigenvalue weighted by atomic mass is 14.3. The maximum Gasteiger partial charge on any atom is -0.0383 e. The van der Waals surface area contributed by atoms with E-state index in [2.05, 4.69) is 27.7 Å². The van der Waals surface area contributed by atoms with Crippen LogP contribution < -0.4 is 0 Å². The Morgan fingerprint density at radius 1 is 1.21 bits per heavy atom. The predicted octanol–water partition coefficient (Wildman–Crippen LogP) is 4.89. The summed E-state index contributed by atoms with van der Waals surface area (Å²) in [6.45, 7) is 9.58. The average molecular weight is 196 g/mol. The van der Waals surface area contributed by atoms with Crippen LogP contribution in [-0.4, -0.2) is 0 Å². The monoisotopic (exact) mass is 196 g/mol. The molecule has 0 aliphatic heterocycles. The second-order valence-corrected chi connectivity index (χ2v) is 5.57. The summed E-state index contributed by atoms with van der Waals surface area (Å²) in [5.74, 6) is 4.01. The van der Waals surface area contributed by atoms with Gasteiger partial charge in [-0.15, -0.1) is 0 Å². The Hall–Kier alpha value is 0. The molecule has 0 N–H and O–H groups in total. The van der Waals surface area contributed by atoms with Gasteiger partial charge in [0.2, 0.25) is 0 Å². The maximum absolute atomic E-state index is 2.47. The van der Waals surface area contributed by atoms with Gasteiger partial charge in [-0.2, -0.15) is 0 Å². The van der Waals surface area contributed by atoms with Gasteiger partial charge in [0.1, 0.15) is 0 Å². The van der Waals surface area contributed by atoms with Crippen molar-refractivity contribution in [2.24, 2.45) is 23.7 Å². The molecular weight excluding hydrogens is 168 g/mol. The molecular formula is C14H28. The summed E-state index contributed by atoms with van der Waals surface area (Å²) < 4.78 is 0. The summed E-state index contributed by atoms with van der Waals surface area (Å²) >= 11 is 0. The lowest BCUT2D eigenvalue weighted by Crippen LogP contribution is -2.24. The topological polar surface area (TPSA) is 0 Å². The van der Waals surface area contributed by atoms with Crippen molar-refractivity contribution in [3.8, 4) is 0 Å². The molecule has 1 aliphatic carbocycles. The first-order valence-electron chi connectivity index (χ1n) is 6.67. The Labute approximate surface area is 90.5 Å². The van der Waals surface area contributed by atoms with E-state index in [4.69, 9.17) is 0 Å². The van der Waals surface area contributed by atoms with Crippen molar-refractivity contribution in [2.75, 3.05) is 0 Å². The van der Waals surface area contributed by atoms with Crippen molar-refractivity contribution in [2.45, 2.75) is 66.2 Å². The van der Waals surface area contributed by atoms with Gasteiger partial charge in [0.05, 0.1) is 0 Å². The van der Waals surface area contributed by atoms with Gasteiger partial charge < -0.3 is 0 Å². The minimum atomic E-state index is 0.943. The highest BCUT2D eigenvalue weighted by Crippen LogP contribution is 2.38. The first-order valence-corrected chi connectivity index (χ1v) is 6.67. The summed E-state index contributed by atoms with van der Waals surface area (Å²) in [4.78, 5) is 0. The zero-order chi connectivity index (χ0) is 10.6. The Bertz CT molecular complexity index is 148. The van der Waals surface area contributed by atoms with E-state index < -0.39 is 0 Å². The second-order valence-electron chi connectivity index (χ2n) is 5.57. The molecule has 0 spiro atoms. The van der Waals surface area contributed by atoms with Gasteiger partial charge >= 0.3 is 0 Å². The van der Waals surface area contributed by atoms with E-state index in [1.54, 1.807) is 0 Å². The third-order valence-corrected chi connectivity index (χ3v) is 4.45. The second kappa shape index (κ2) is 5.78. The van der Waals surface area contributed by atoms with Gasteiger partial charge in [-0.3, -0.25) is 0 Å². The molecule has 0 aromatic heterocycles. The predicted molar refractivity (Wildman–Crippen MR) is 64.4 cm³/mol. The summed E-state index contributed by atoms with van der Waals surface area (Å²) in [6, 6.07) is 0. The molecule has 4 unspecified atom stereocenters. The first kappa shape index (κ1) is 12.1. The van der Waals surface area contributed by atoms with Crippen LogP contribution in [0.4, 0.5) is 0 Å². The van der Waals surface area contributed by atoms with Crippen molar-refractivity contribution < 1.29 is 0 Å². The smallest absolute Gasteiger partial charge is 0.0383 e. The minimum absolute atomic E-state index is 0.943. The Kier molecular flexibility index (Phi) is 4.98. The quantitative estimate of drug-likeness (QED) is 0.601. The van der Waals surface area contributed by atoms with Gasteiger partial charge in [0, 0.05) is 0 Å². The summed E-state index contributed by atoms with van der Waals surface area (Å²) in [5, 5.41) is 0. The number of hydrogen-bond acceptors (Lipinski definition) is 0. The van der Waals surface area contributed by atoms with Crippen molar-refractivity contribution in [3.05, 3.63) is 0 Å². The molecule has 1 fully saturated rings. The largest absolute Gasteiger partial charge is 0.0651 e. The van der Waals surface area contributed by atoms with E-state index in [0.717, 1.165) is 23.7 Å².